The van der Waals surface area contributed by atoms with E-state index in [9.17, 15) is 4.39 Å². The van der Waals surface area contributed by atoms with Crippen molar-refractivity contribution in [2.24, 2.45) is 0 Å². The number of anilines is 1. The first-order valence-electron chi connectivity index (χ1n) is 10.0. The van der Waals surface area contributed by atoms with Gasteiger partial charge >= 0.3 is 0 Å². The van der Waals surface area contributed by atoms with Crippen LogP contribution in [0.1, 0.15) is 17.7 Å². The van der Waals surface area contributed by atoms with Crippen molar-refractivity contribution >= 4 is 23.0 Å². The summed E-state index contributed by atoms with van der Waals surface area (Å²) in [6.07, 6.45) is 4.57. The molecule has 1 heterocycles. The number of nitrogens with zero attached hydrogens (tertiary/aromatic N) is 3. The van der Waals surface area contributed by atoms with Gasteiger partial charge in [0.05, 0.1) is 27.1 Å². The van der Waals surface area contributed by atoms with Gasteiger partial charge in [-0.2, -0.15) is 0 Å². The predicted molar refractivity (Wildman–Crippen MR) is 124 cm³/mol. The fourth-order valence-electron chi connectivity index (χ4n) is 3.21. The van der Waals surface area contributed by atoms with Gasteiger partial charge in [-0.1, -0.05) is 12.1 Å². The molecule has 0 aliphatic heterocycles. The zero-order valence-electron chi connectivity index (χ0n) is 18.0. The second-order valence-electron chi connectivity index (χ2n) is 7.07. The molecule has 0 spiro atoms. The molecule has 0 aliphatic carbocycles. The van der Waals surface area contributed by atoms with Crippen molar-refractivity contribution in [1.82, 2.24) is 14.9 Å². The molecular formula is C23H27FN4O2S. The van der Waals surface area contributed by atoms with Crippen LogP contribution in [0.5, 0.6) is 11.5 Å². The van der Waals surface area contributed by atoms with E-state index in [0.29, 0.717) is 29.7 Å². The first kappa shape index (κ1) is 22.6. The maximum absolute atomic E-state index is 13.3. The van der Waals surface area contributed by atoms with Crippen LogP contribution in [-0.4, -0.2) is 35.4 Å². The normalized spacial score (nSPS) is 10.6. The van der Waals surface area contributed by atoms with E-state index in [1.807, 2.05) is 42.5 Å². The molecule has 8 heteroatoms. The summed E-state index contributed by atoms with van der Waals surface area (Å²) in [4.78, 5) is 6.11. The van der Waals surface area contributed by atoms with Crippen molar-refractivity contribution in [1.29, 1.82) is 0 Å². The SMILES string of the molecule is COc1ccc(N(Cc2ccc(F)cc2)C(=S)NCCCn2cncc2C)cc1OC. The van der Waals surface area contributed by atoms with E-state index in [2.05, 4.69) is 14.9 Å². The molecule has 0 saturated heterocycles. The first-order chi connectivity index (χ1) is 15.0. The number of imidazole rings is 1. The Labute approximate surface area is 187 Å². The molecule has 3 aromatic rings. The Morgan fingerprint density at radius 2 is 1.87 bits per heavy atom. The highest BCUT2D eigenvalue weighted by Crippen LogP contribution is 2.32. The largest absolute Gasteiger partial charge is 0.493 e. The molecule has 0 fully saturated rings. The standard InChI is InChI=1S/C23H27FN4O2S/c1-17-14-25-16-27(17)12-4-11-26-23(31)28(15-18-5-7-19(24)8-6-18)20-9-10-21(29-2)22(13-20)30-3/h5-10,13-14,16H,4,11-12,15H2,1-3H3,(H,26,31). The summed E-state index contributed by atoms with van der Waals surface area (Å²) >= 11 is 5.71. The average Bonchev–Trinajstić information content (AvgIpc) is 3.20. The van der Waals surface area contributed by atoms with Gasteiger partial charge in [0.25, 0.3) is 0 Å². The van der Waals surface area contributed by atoms with E-state index in [4.69, 9.17) is 21.7 Å². The Kier molecular flexibility index (Phi) is 7.83. The van der Waals surface area contributed by atoms with Crippen LogP contribution in [-0.2, 0) is 13.1 Å². The Hall–Kier alpha value is -3.13. The van der Waals surface area contributed by atoms with E-state index in [1.165, 1.54) is 12.1 Å². The predicted octanol–water partition coefficient (Wildman–Crippen LogP) is 4.32. The summed E-state index contributed by atoms with van der Waals surface area (Å²) < 4.78 is 26.3. The van der Waals surface area contributed by atoms with Crippen LogP contribution in [0.3, 0.4) is 0 Å². The van der Waals surface area contributed by atoms with Crippen LogP contribution < -0.4 is 19.7 Å². The van der Waals surface area contributed by atoms with Gasteiger partial charge in [-0.15, -0.1) is 0 Å². The fourth-order valence-corrected chi connectivity index (χ4v) is 3.48. The van der Waals surface area contributed by atoms with E-state index in [1.54, 1.807) is 26.4 Å². The molecule has 0 unspecified atom stereocenters. The number of ether oxygens (including phenoxy) is 2. The molecule has 1 aromatic heterocycles. The second-order valence-corrected chi connectivity index (χ2v) is 7.45. The summed E-state index contributed by atoms with van der Waals surface area (Å²) in [5.74, 6) is 0.988. The maximum Gasteiger partial charge on any atom is 0.173 e. The molecule has 0 saturated carbocycles. The lowest BCUT2D eigenvalue weighted by Crippen LogP contribution is -2.40. The molecule has 0 radical (unpaired) electrons. The van der Waals surface area contributed by atoms with E-state index in [0.717, 1.165) is 29.9 Å². The van der Waals surface area contributed by atoms with Gasteiger partial charge in [0.1, 0.15) is 5.82 Å². The van der Waals surface area contributed by atoms with Gasteiger partial charge in [0.15, 0.2) is 16.6 Å². The number of halogens is 1. The third kappa shape index (κ3) is 5.95. The summed E-state index contributed by atoms with van der Waals surface area (Å²) in [6.45, 7) is 4.09. The van der Waals surface area contributed by atoms with Crippen molar-refractivity contribution in [2.45, 2.75) is 26.4 Å². The lowest BCUT2D eigenvalue weighted by atomic mass is 10.2. The van der Waals surface area contributed by atoms with Crippen LogP contribution in [0.2, 0.25) is 0 Å². The summed E-state index contributed by atoms with van der Waals surface area (Å²) in [6, 6.07) is 12.1. The van der Waals surface area contributed by atoms with Crippen LogP contribution in [0, 0.1) is 12.7 Å². The van der Waals surface area contributed by atoms with Gasteiger partial charge in [-0.05, 0) is 55.4 Å². The second kappa shape index (κ2) is 10.8. The minimum atomic E-state index is -0.267. The quantitative estimate of drug-likeness (QED) is 0.394. The molecule has 164 valence electrons. The molecule has 31 heavy (non-hydrogen) atoms. The Balaban J connectivity index is 1.73. The molecule has 0 bridgehead atoms. The molecule has 0 amide bonds. The van der Waals surface area contributed by atoms with Crippen molar-refractivity contribution in [2.75, 3.05) is 25.7 Å². The number of hydrogen-bond acceptors (Lipinski definition) is 4. The number of methoxy groups -OCH3 is 2. The highest BCUT2D eigenvalue weighted by atomic mass is 32.1. The lowest BCUT2D eigenvalue weighted by molar-refractivity contribution is 0.355. The summed E-state index contributed by atoms with van der Waals surface area (Å²) in [5, 5.41) is 3.92. The zero-order valence-corrected chi connectivity index (χ0v) is 18.8. The van der Waals surface area contributed by atoms with E-state index < -0.39 is 0 Å². The van der Waals surface area contributed by atoms with Crippen molar-refractivity contribution in [3.05, 3.63) is 72.1 Å². The molecule has 1 N–H and O–H groups in total. The van der Waals surface area contributed by atoms with Crippen LogP contribution in [0.4, 0.5) is 10.1 Å². The third-order valence-corrected chi connectivity index (χ3v) is 5.32. The summed E-state index contributed by atoms with van der Waals surface area (Å²) in [5.41, 5.74) is 2.92. The molecule has 6 nitrogen and oxygen atoms in total. The maximum atomic E-state index is 13.3. The van der Waals surface area contributed by atoms with E-state index >= 15 is 0 Å². The molecule has 0 aliphatic rings. The highest BCUT2D eigenvalue weighted by molar-refractivity contribution is 7.80. The first-order valence-corrected chi connectivity index (χ1v) is 10.4. The molecular weight excluding hydrogens is 415 g/mol. The molecule has 0 atom stereocenters. The fraction of sp³-hybridized carbons (Fsp3) is 0.304. The topological polar surface area (TPSA) is 51.5 Å². The van der Waals surface area contributed by atoms with Gasteiger partial charge < -0.3 is 24.3 Å². The number of benzene rings is 2. The third-order valence-electron chi connectivity index (χ3n) is 4.95. The number of rotatable bonds is 9. The Bertz CT molecular complexity index is 1010. The minimum absolute atomic E-state index is 0.267. The number of thiocarbonyl (C=S) groups is 1. The monoisotopic (exact) mass is 442 g/mol. The molecule has 2 aromatic carbocycles. The van der Waals surface area contributed by atoms with Crippen LogP contribution in [0.15, 0.2) is 55.0 Å². The smallest absolute Gasteiger partial charge is 0.173 e. The van der Waals surface area contributed by atoms with Crippen LogP contribution >= 0.6 is 12.2 Å². The van der Waals surface area contributed by atoms with E-state index in [-0.39, 0.29) is 5.82 Å². The Morgan fingerprint density at radius 1 is 1.13 bits per heavy atom. The van der Waals surface area contributed by atoms with Gasteiger partial charge in [-0.3, -0.25) is 0 Å². The van der Waals surface area contributed by atoms with Crippen molar-refractivity contribution < 1.29 is 13.9 Å². The van der Waals surface area contributed by atoms with Gasteiger partial charge in [0, 0.05) is 36.7 Å². The van der Waals surface area contributed by atoms with Gasteiger partial charge in [-0.25, -0.2) is 9.37 Å². The average molecular weight is 443 g/mol. The number of hydrogen-bond donors (Lipinski definition) is 1. The summed E-state index contributed by atoms with van der Waals surface area (Å²) in [7, 11) is 3.20. The van der Waals surface area contributed by atoms with Crippen molar-refractivity contribution in [3.8, 4) is 11.5 Å². The highest BCUT2D eigenvalue weighted by Gasteiger charge is 2.16. The van der Waals surface area contributed by atoms with Crippen molar-refractivity contribution in [3.63, 3.8) is 0 Å². The minimum Gasteiger partial charge on any atom is -0.493 e. The Morgan fingerprint density at radius 3 is 2.52 bits per heavy atom. The number of aromatic nitrogens is 2. The number of aryl methyl sites for hydroxylation is 2. The van der Waals surface area contributed by atoms with Crippen LogP contribution in [0.25, 0.3) is 0 Å². The zero-order chi connectivity index (χ0) is 22.2. The van der Waals surface area contributed by atoms with Gasteiger partial charge in [0.2, 0.25) is 0 Å². The molecule has 3 rings (SSSR count). The lowest BCUT2D eigenvalue weighted by Gasteiger charge is -2.27. The number of nitrogens with one attached hydrogen (secondary N) is 1.